The van der Waals surface area contributed by atoms with Crippen molar-refractivity contribution in [1.29, 1.82) is 0 Å². The van der Waals surface area contributed by atoms with Gasteiger partial charge in [0, 0.05) is 38.3 Å². The molecule has 0 saturated heterocycles. The van der Waals surface area contributed by atoms with E-state index in [1.165, 1.54) is 12.1 Å². The van der Waals surface area contributed by atoms with Gasteiger partial charge < -0.3 is 15.4 Å². The van der Waals surface area contributed by atoms with Crippen LogP contribution in [-0.4, -0.2) is 38.0 Å². The van der Waals surface area contributed by atoms with Crippen molar-refractivity contribution in [3.63, 3.8) is 0 Å². The first-order chi connectivity index (χ1) is 21.9. The van der Waals surface area contributed by atoms with Crippen LogP contribution in [0.4, 0.5) is 19.0 Å². The molecule has 0 saturated carbocycles. The Bertz CT molecular complexity index is 2220. The number of pyridine rings is 1. The molecule has 0 aliphatic carbocycles. The topological polar surface area (TPSA) is 155 Å². The summed E-state index contributed by atoms with van der Waals surface area (Å²) < 4.78 is 79.5. The number of phenolic OH excluding ortho intramolecular Hbond substituents is 1. The van der Waals surface area contributed by atoms with E-state index in [1.807, 2.05) is 13.8 Å². The van der Waals surface area contributed by atoms with Gasteiger partial charge in [-0.15, -0.1) is 11.3 Å². The highest BCUT2D eigenvalue weighted by Crippen LogP contribution is 2.40. The van der Waals surface area contributed by atoms with Crippen LogP contribution < -0.4 is 0 Å². The van der Waals surface area contributed by atoms with Gasteiger partial charge in [-0.25, -0.2) is 0 Å². The van der Waals surface area contributed by atoms with Crippen molar-refractivity contribution in [3.05, 3.63) is 99.0 Å². The predicted octanol–water partition coefficient (Wildman–Crippen LogP) is 8.75. The molecule has 4 aromatic heterocycles. The lowest BCUT2D eigenvalue weighted by Gasteiger charge is -2.09. The number of thiophene rings is 1. The second kappa shape index (κ2) is 12.5. The van der Waals surface area contributed by atoms with Crippen molar-refractivity contribution in [2.24, 2.45) is 0 Å². The maximum atomic E-state index is 13.4. The number of hydrogen-bond donors (Lipinski definition) is 2. The fourth-order valence-electron chi connectivity index (χ4n) is 5.06. The number of phenols is 1. The zero-order valence-electron chi connectivity index (χ0n) is 25.8. The van der Waals surface area contributed by atoms with E-state index in [-0.39, 0.29) is 33.4 Å². The van der Waals surface area contributed by atoms with Crippen LogP contribution in [0.25, 0.3) is 39.0 Å². The summed E-state index contributed by atoms with van der Waals surface area (Å²) in [6, 6.07) is 13.0. The van der Waals surface area contributed by atoms with E-state index < -0.39 is 21.9 Å². The molecule has 0 aliphatic rings. The first kappa shape index (κ1) is 33.6. The maximum Gasteiger partial charge on any atom is 0.416 e. The SMILES string of the molecule is Cc1cc2c(c(C)n1)c(-c1cccc(C(F)(F)F)c1)nn2Cc1ccc(-c2cc(C)sc2S(=O)(=O)O)c(O)c1.Cc1onc([NH-])c1C. The molecular weight excluding hydrogens is 656 g/mol. The van der Waals surface area contributed by atoms with E-state index in [0.29, 0.717) is 44.0 Å². The molecule has 246 valence electrons. The number of fused-ring (bicyclic) bond motifs is 1. The zero-order valence-corrected chi connectivity index (χ0v) is 27.4. The lowest BCUT2D eigenvalue weighted by atomic mass is 10.0. The monoisotopic (exact) mass is 684 g/mol. The van der Waals surface area contributed by atoms with Crippen molar-refractivity contribution in [1.82, 2.24) is 19.9 Å². The van der Waals surface area contributed by atoms with Crippen LogP contribution in [0.15, 0.2) is 63.3 Å². The molecule has 0 aliphatic heterocycles. The van der Waals surface area contributed by atoms with E-state index in [1.54, 1.807) is 55.8 Å². The number of hydrogen-bond acceptors (Lipinski definition) is 8. The molecule has 6 aromatic rings. The summed E-state index contributed by atoms with van der Waals surface area (Å²) in [7, 11) is -4.49. The van der Waals surface area contributed by atoms with Gasteiger partial charge in [-0.2, -0.15) is 26.7 Å². The Kier molecular flexibility index (Phi) is 8.92. The number of aromatic hydroxyl groups is 1. The highest BCUT2D eigenvalue weighted by Gasteiger charge is 2.31. The van der Waals surface area contributed by atoms with Gasteiger partial charge in [0.1, 0.15) is 17.2 Å². The number of rotatable bonds is 5. The fraction of sp³-hybridized carbons (Fsp3) is 0.219. The largest absolute Gasteiger partial charge is 0.507 e. The number of aromatic nitrogens is 4. The number of nitrogens with one attached hydrogen (secondary N) is 1. The van der Waals surface area contributed by atoms with Crippen LogP contribution in [0, 0.1) is 34.6 Å². The summed E-state index contributed by atoms with van der Waals surface area (Å²) in [5.74, 6) is 0.774. The number of benzene rings is 2. The lowest BCUT2D eigenvalue weighted by molar-refractivity contribution is -0.137. The average Bonchev–Trinajstić information content (AvgIpc) is 3.64. The van der Waals surface area contributed by atoms with Crippen LogP contribution in [-0.2, 0) is 22.8 Å². The van der Waals surface area contributed by atoms with Crippen molar-refractivity contribution < 1.29 is 35.8 Å². The van der Waals surface area contributed by atoms with Crippen LogP contribution in [0.1, 0.15) is 38.7 Å². The van der Waals surface area contributed by atoms with E-state index in [4.69, 9.17) is 5.73 Å². The van der Waals surface area contributed by atoms with Crippen molar-refractivity contribution in [2.45, 2.75) is 51.5 Å². The molecule has 47 heavy (non-hydrogen) atoms. The molecule has 4 heterocycles. The first-order valence-electron chi connectivity index (χ1n) is 14.0. The highest BCUT2D eigenvalue weighted by molar-refractivity contribution is 7.88. The summed E-state index contributed by atoms with van der Waals surface area (Å²) in [5, 5.41) is 19.5. The Hall–Kier alpha value is -4.73. The normalized spacial score (nSPS) is 11.9. The first-order valence-corrected chi connectivity index (χ1v) is 16.3. The summed E-state index contributed by atoms with van der Waals surface area (Å²) in [5.41, 5.74) is 10.8. The Morgan fingerprint density at radius 2 is 1.72 bits per heavy atom. The summed E-state index contributed by atoms with van der Waals surface area (Å²) in [4.78, 5) is 5.13. The van der Waals surface area contributed by atoms with Gasteiger partial charge in [-0.1, -0.05) is 24.3 Å². The van der Waals surface area contributed by atoms with Crippen molar-refractivity contribution >= 4 is 38.2 Å². The third-order valence-corrected chi connectivity index (χ3v) is 9.82. The quantitative estimate of drug-likeness (QED) is 0.171. The Balaban J connectivity index is 0.000000474. The van der Waals surface area contributed by atoms with Gasteiger partial charge in [0.15, 0.2) is 4.21 Å². The second-order valence-corrected chi connectivity index (χ2v) is 13.8. The molecule has 6 rings (SSSR count). The average molecular weight is 685 g/mol. The molecule has 3 N–H and O–H groups in total. The standard InChI is InChI=1S/C27H22F3N3O4S2.C5H7N2O/c1-14-9-22-24(16(3)31-14)25(18-5-4-6-19(12-18)27(28,29)30)32-33(22)13-17-7-8-20(23(34)11-17)21-10-15(2)38-26(21)39(35,36)37;1-3-4(2)8-7-5(3)6/h4-12,34H,13H2,1-3H3,(H,35,36,37);1-2H3,(H-,6,7)/q;-1. The van der Waals surface area contributed by atoms with Crippen molar-refractivity contribution in [2.75, 3.05) is 0 Å². The molecule has 0 bridgehead atoms. The highest BCUT2D eigenvalue weighted by atomic mass is 32.3. The summed E-state index contributed by atoms with van der Waals surface area (Å²) in [6.07, 6.45) is -4.51. The van der Waals surface area contributed by atoms with Gasteiger partial charge in [-0.3, -0.25) is 19.4 Å². The molecule has 0 amide bonds. The molecule has 0 fully saturated rings. The molecule has 0 spiro atoms. The van der Waals surface area contributed by atoms with Gasteiger partial charge in [0.2, 0.25) is 0 Å². The third kappa shape index (κ3) is 7.01. The summed E-state index contributed by atoms with van der Waals surface area (Å²) >= 11 is 0.899. The zero-order chi connectivity index (χ0) is 34.4. The molecular formula is C32H29F3N5O5S2-. The van der Waals surface area contributed by atoms with Crippen LogP contribution in [0.3, 0.4) is 0 Å². The summed E-state index contributed by atoms with van der Waals surface area (Å²) in [6.45, 7) is 9.05. The van der Waals surface area contributed by atoms with Gasteiger partial charge in [0.05, 0.1) is 17.6 Å². The molecule has 15 heteroatoms. The number of nitrogens with zero attached hydrogens (tertiary/aromatic N) is 4. The van der Waals surface area contributed by atoms with Crippen LogP contribution >= 0.6 is 11.3 Å². The smallest absolute Gasteiger partial charge is 0.416 e. The number of halogens is 3. The Morgan fingerprint density at radius 3 is 2.30 bits per heavy atom. The Morgan fingerprint density at radius 1 is 1.00 bits per heavy atom. The van der Waals surface area contributed by atoms with E-state index in [2.05, 4.69) is 19.8 Å². The predicted molar refractivity (Wildman–Crippen MR) is 172 cm³/mol. The van der Waals surface area contributed by atoms with Crippen LogP contribution in [0.5, 0.6) is 5.75 Å². The molecule has 0 atom stereocenters. The minimum Gasteiger partial charge on any atom is -0.507 e. The minimum absolute atomic E-state index is 0.167. The lowest BCUT2D eigenvalue weighted by Crippen LogP contribution is -2.05. The molecule has 2 aromatic carbocycles. The maximum absolute atomic E-state index is 13.4. The third-order valence-electron chi connectivity index (χ3n) is 7.40. The fourth-order valence-corrected chi connectivity index (χ4v) is 7.07. The molecule has 0 radical (unpaired) electrons. The molecule has 10 nitrogen and oxygen atoms in total. The number of alkyl halides is 3. The van der Waals surface area contributed by atoms with Crippen LogP contribution in [0.2, 0.25) is 0 Å². The second-order valence-electron chi connectivity index (χ2n) is 10.9. The Labute approximate surface area is 272 Å². The van der Waals surface area contributed by atoms with E-state index in [0.717, 1.165) is 34.8 Å². The van der Waals surface area contributed by atoms with E-state index >= 15 is 0 Å². The van der Waals surface area contributed by atoms with Gasteiger partial charge >= 0.3 is 16.3 Å². The molecule has 0 unspecified atom stereocenters. The van der Waals surface area contributed by atoms with Crippen molar-refractivity contribution in [3.8, 4) is 28.1 Å². The minimum atomic E-state index is -4.51. The number of aryl methyl sites for hydroxylation is 4. The van der Waals surface area contributed by atoms with Gasteiger partial charge in [-0.05, 0) is 81.9 Å². The van der Waals surface area contributed by atoms with E-state index in [9.17, 15) is 31.2 Å². The van der Waals surface area contributed by atoms with Gasteiger partial charge in [0.25, 0.3) is 0 Å².